The molecule has 0 radical (unpaired) electrons. The van der Waals surface area contributed by atoms with E-state index >= 15 is 0 Å². The van der Waals surface area contributed by atoms with E-state index in [4.69, 9.17) is 42.1 Å². The third-order valence-electron chi connectivity index (χ3n) is 3.89. The number of rotatable bonds is 10. The Hall–Kier alpha value is -2.96. The molecule has 0 spiro atoms. The highest BCUT2D eigenvalue weighted by Crippen LogP contribution is 2.30. The third kappa shape index (κ3) is 5.55. The van der Waals surface area contributed by atoms with Gasteiger partial charge in [0.05, 0.1) is 0 Å². The molecular formula is C22H18Cl2O6. The maximum absolute atomic E-state index is 12.4. The van der Waals surface area contributed by atoms with Crippen molar-refractivity contribution >= 4 is 34.8 Å². The van der Waals surface area contributed by atoms with Crippen LogP contribution in [0.25, 0.3) is 0 Å². The topological polar surface area (TPSA) is 71.1 Å². The number of hydrogen-bond donors (Lipinski definition) is 0. The predicted octanol–water partition coefficient (Wildman–Crippen LogP) is 4.23. The molecule has 0 bridgehead atoms. The molecule has 1 aliphatic rings. The van der Waals surface area contributed by atoms with Gasteiger partial charge in [-0.2, -0.15) is 0 Å². The van der Waals surface area contributed by atoms with E-state index in [2.05, 4.69) is 0 Å². The van der Waals surface area contributed by atoms with E-state index < -0.39 is 11.6 Å². The van der Waals surface area contributed by atoms with Gasteiger partial charge in [0.1, 0.15) is 48.0 Å². The Morgan fingerprint density at radius 1 is 0.533 bits per heavy atom. The number of hydrogen-bond acceptors (Lipinski definition) is 6. The molecular weight excluding hydrogens is 431 g/mol. The Labute approximate surface area is 183 Å². The van der Waals surface area contributed by atoms with Crippen LogP contribution in [-0.4, -0.2) is 38.0 Å². The standard InChI is InChI=1S/C22H18Cl2O6/c23-17-20(26)22(30-14-12-28-16-9-5-2-6-10-16)18(24)19(25)21(17)29-13-11-27-15-7-3-1-4-8-15/h1-10H,11-14H2. The van der Waals surface area contributed by atoms with Gasteiger partial charge < -0.3 is 18.9 Å². The molecule has 0 fully saturated rings. The fourth-order valence-corrected chi connectivity index (χ4v) is 2.96. The van der Waals surface area contributed by atoms with Crippen molar-refractivity contribution in [3.05, 3.63) is 82.2 Å². The van der Waals surface area contributed by atoms with Crippen molar-refractivity contribution in [2.24, 2.45) is 0 Å². The van der Waals surface area contributed by atoms with Gasteiger partial charge in [-0.3, -0.25) is 9.59 Å². The van der Waals surface area contributed by atoms with Crippen LogP contribution >= 0.6 is 23.2 Å². The minimum atomic E-state index is -0.722. The van der Waals surface area contributed by atoms with Gasteiger partial charge in [-0.05, 0) is 24.3 Å². The van der Waals surface area contributed by atoms with Gasteiger partial charge >= 0.3 is 0 Å². The summed E-state index contributed by atoms with van der Waals surface area (Å²) in [6, 6.07) is 18.2. The maximum atomic E-state index is 12.4. The van der Waals surface area contributed by atoms with Crippen molar-refractivity contribution in [1.29, 1.82) is 0 Å². The fourth-order valence-electron chi connectivity index (χ4n) is 2.50. The van der Waals surface area contributed by atoms with E-state index in [0.717, 1.165) is 0 Å². The third-order valence-corrected chi connectivity index (χ3v) is 4.58. The van der Waals surface area contributed by atoms with Gasteiger partial charge in [-0.15, -0.1) is 0 Å². The number of para-hydroxylation sites is 2. The Balaban J connectivity index is 1.51. The zero-order valence-electron chi connectivity index (χ0n) is 15.8. The monoisotopic (exact) mass is 448 g/mol. The molecule has 2 aromatic rings. The second kappa shape index (κ2) is 10.7. The Morgan fingerprint density at radius 2 is 0.867 bits per heavy atom. The van der Waals surface area contributed by atoms with Crippen LogP contribution in [0.4, 0.5) is 0 Å². The molecule has 6 nitrogen and oxygen atoms in total. The molecule has 2 aromatic carbocycles. The second-order valence-corrected chi connectivity index (χ2v) is 6.72. The zero-order valence-corrected chi connectivity index (χ0v) is 17.3. The maximum Gasteiger partial charge on any atom is 0.244 e. The van der Waals surface area contributed by atoms with Crippen molar-refractivity contribution in [2.45, 2.75) is 0 Å². The molecule has 0 saturated heterocycles. The van der Waals surface area contributed by atoms with Crippen LogP contribution in [-0.2, 0) is 19.1 Å². The van der Waals surface area contributed by atoms with Crippen LogP contribution in [0.5, 0.6) is 11.5 Å². The molecule has 0 amide bonds. The summed E-state index contributed by atoms with van der Waals surface area (Å²) in [7, 11) is 0. The summed E-state index contributed by atoms with van der Waals surface area (Å²) in [4.78, 5) is 24.9. The molecule has 0 saturated carbocycles. The average molecular weight is 449 g/mol. The van der Waals surface area contributed by atoms with Gasteiger partial charge in [-0.1, -0.05) is 59.6 Å². The number of allylic oxidation sites excluding steroid dienone is 2. The van der Waals surface area contributed by atoms with Crippen LogP contribution in [0.15, 0.2) is 82.2 Å². The highest BCUT2D eigenvalue weighted by Gasteiger charge is 2.36. The van der Waals surface area contributed by atoms with Crippen LogP contribution in [0.2, 0.25) is 0 Å². The molecule has 1 aliphatic carbocycles. The van der Waals surface area contributed by atoms with Crippen molar-refractivity contribution in [3.8, 4) is 11.5 Å². The lowest BCUT2D eigenvalue weighted by atomic mass is 10.1. The first-order chi connectivity index (χ1) is 14.6. The van der Waals surface area contributed by atoms with E-state index in [9.17, 15) is 9.59 Å². The number of Topliss-reactive ketones (excluding diaryl/α,β-unsaturated/α-hetero) is 2. The number of carbonyl (C=O) groups excluding carboxylic acids is 2. The Bertz CT molecular complexity index is 875. The molecule has 0 atom stereocenters. The van der Waals surface area contributed by atoms with Crippen molar-refractivity contribution in [1.82, 2.24) is 0 Å². The van der Waals surface area contributed by atoms with E-state index in [1.54, 1.807) is 24.3 Å². The summed E-state index contributed by atoms with van der Waals surface area (Å²) >= 11 is 12.1. The first-order valence-corrected chi connectivity index (χ1v) is 9.83. The van der Waals surface area contributed by atoms with Gasteiger partial charge in [0.25, 0.3) is 0 Å². The summed E-state index contributed by atoms with van der Waals surface area (Å²) in [5.74, 6) is -0.788. The number of carbonyl (C=O) groups is 2. The summed E-state index contributed by atoms with van der Waals surface area (Å²) in [5.41, 5.74) is 0. The number of ether oxygens (including phenoxy) is 4. The second-order valence-electron chi connectivity index (χ2n) is 5.96. The van der Waals surface area contributed by atoms with Crippen molar-refractivity contribution in [3.63, 3.8) is 0 Å². The fraction of sp³-hybridized carbons (Fsp3) is 0.182. The first kappa shape index (κ1) is 21.7. The molecule has 0 aromatic heterocycles. The van der Waals surface area contributed by atoms with E-state index in [1.807, 2.05) is 36.4 Å². The highest BCUT2D eigenvalue weighted by atomic mass is 35.5. The molecule has 8 heteroatoms. The number of halogens is 2. The molecule has 156 valence electrons. The van der Waals surface area contributed by atoms with Crippen LogP contribution in [0, 0.1) is 0 Å². The lowest BCUT2D eigenvalue weighted by molar-refractivity contribution is -0.120. The molecule has 0 heterocycles. The zero-order chi connectivity index (χ0) is 21.3. The summed E-state index contributed by atoms with van der Waals surface area (Å²) in [5, 5.41) is -0.772. The lowest BCUT2D eigenvalue weighted by Gasteiger charge is -2.19. The smallest absolute Gasteiger partial charge is 0.244 e. The van der Waals surface area contributed by atoms with E-state index in [-0.39, 0.29) is 48.0 Å². The minimum absolute atomic E-state index is 0.00470. The number of benzene rings is 2. The summed E-state index contributed by atoms with van der Waals surface area (Å²) in [6.07, 6.45) is 0. The normalized spacial score (nSPS) is 14.1. The molecule has 0 N–H and O–H groups in total. The molecule has 0 unspecified atom stereocenters. The van der Waals surface area contributed by atoms with E-state index in [1.165, 1.54) is 0 Å². The van der Waals surface area contributed by atoms with Crippen LogP contribution in [0.3, 0.4) is 0 Å². The quantitative estimate of drug-likeness (QED) is 0.400. The van der Waals surface area contributed by atoms with Gasteiger partial charge in [0.15, 0.2) is 11.5 Å². The van der Waals surface area contributed by atoms with Crippen LogP contribution < -0.4 is 9.47 Å². The number of ketones is 2. The molecule has 3 rings (SSSR count). The van der Waals surface area contributed by atoms with Gasteiger partial charge in [0.2, 0.25) is 11.6 Å². The predicted molar refractivity (Wildman–Crippen MR) is 112 cm³/mol. The largest absolute Gasteiger partial charge is 0.490 e. The SMILES string of the molecule is O=C1C(Cl)=C(OCCOc2ccccc2)C(=O)C(Cl)=C1OCCOc1ccccc1. The highest BCUT2D eigenvalue weighted by molar-refractivity contribution is 6.55. The van der Waals surface area contributed by atoms with Crippen LogP contribution in [0.1, 0.15) is 0 Å². The van der Waals surface area contributed by atoms with Gasteiger partial charge in [0, 0.05) is 0 Å². The van der Waals surface area contributed by atoms with Gasteiger partial charge in [-0.25, -0.2) is 0 Å². The molecule has 30 heavy (non-hydrogen) atoms. The lowest BCUT2D eigenvalue weighted by Crippen LogP contribution is -2.25. The summed E-state index contributed by atoms with van der Waals surface area (Å²) in [6.45, 7) is 0.316. The van der Waals surface area contributed by atoms with Crippen molar-refractivity contribution in [2.75, 3.05) is 26.4 Å². The average Bonchev–Trinajstić information content (AvgIpc) is 2.78. The Kier molecular flexibility index (Phi) is 7.76. The molecule has 0 aliphatic heterocycles. The van der Waals surface area contributed by atoms with Crippen molar-refractivity contribution < 1.29 is 28.5 Å². The summed E-state index contributed by atoms with van der Waals surface area (Å²) < 4.78 is 21.7. The Morgan fingerprint density at radius 3 is 1.23 bits per heavy atom. The first-order valence-electron chi connectivity index (χ1n) is 9.08. The van der Waals surface area contributed by atoms with E-state index in [0.29, 0.717) is 11.5 Å². The minimum Gasteiger partial charge on any atom is -0.490 e.